The van der Waals surface area contributed by atoms with E-state index >= 15 is 0 Å². The summed E-state index contributed by atoms with van der Waals surface area (Å²) in [5, 5.41) is 3.20. The maximum Gasteiger partial charge on any atom is 0.161 e. The minimum Gasteiger partial charge on any atom is -0.386 e. The van der Waals surface area contributed by atoms with E-state index < -0.39 is 0 Å². The zero-order chi connectivity index (χ0) is 13.5. The molecule has 0 unspecified atom stereocenters. The third-order valence-electron chi connectivity index (χ3n) is 2.86. The maximum absolute atomic E-state index is 11.7. The van der Waals surface area contributed by atoms with Crippen LogP contribution >= 0.6 is 0 Å². The van der Waals surface area contributed by atoms with E-state index in [4.69, 9.17) is 0 Å². The smallest absolute Gasteiger partial charge is 0.161 e. The average molecular weight is 251 g/mol. The van der Waals surface area contributed by atoms with E-state index in [1.165, 1.54) is 5.56 Å². The van der Waals surface area contributed by atoms with Gasteiger partial charge in [0.25, 0.3) is 0 Å². The number of rotatable bonds is 5. The highest BCUT2D eigenvalue weighted by atomic mass is 16.1. The second-order valence-corrected chi connectivity index (χ2v) is 4.35. The molecule has 0 bridgehead atoms. The fourth-order valence-electron chi connectivity index (χ4n) is 1.87. The van der Waals surface area contributed by atoms with Gasteiger partial charge in [0.05, 0.1) is 0 Å². The third kappa shape index (κ3) is 3.81. The van der Waals surface area contributed by atoms with Gasteiger partial charge < -0.3 is 5.32 Å². The first-order valence-electron chi connectivity index (χ1n) is 6.31. The van der Waals surface area contributed by atoms with Crippen LogP contribution in [0.1, 0.15) is 18.1 Å². The van der Waals surface area contributed by atoms with Crippen LogP contribution in [0.3, 0.4) is 0 Å². The number of hydrogen-bond acceptors (Lipinski definition) is 2. The van der Waals surface area contributed by atoms with Crippen LogP contribution in [0.4, 0.5) is 0 Å². The van der Waals surface area contributed by atoms with Gasteiger partial charge in [-0.1, -0.05) is 60.7 Å². The first-order valence-corrected chi connectivity index (χ1v) is 6.31. The normalized spacial score (nSPS) is 11.1. The zero-order valence-electron chi connectivity index (χ0n) is 11.0. The molecular formula is C17H17NO. The topological polar surface area (TPSA) is 29.1 Å². The molecule has 19 heavy (non-hydrogen) atoms. The Labute approximate surface area is 113 Å². The molecule has 0 aromatic heterocycles. The van der Waals surface area contributed by atoms with Crippen molar-refractivity contribution in [2.24, 2.45) is 0 Å². The van der Waals surface area contributed by atoms with Gasteiger partial charge >= 0.3 is 0 Å². The Morgan fingerprint density at radius 1 is 1.00 bits per heavy atom. The highest BCUT2D eigenvalue weighted by Gasteiger charge is 2.05. The summed E-state index contributed by atoms with van der Waals surface area (Å²) in [4.78, 5) is 11.7. The number of allylic oxidation sites excluding steroid dienone is 1. The molecule has 96 valence electrons. The summed E-state index contributed by atoms with van der Waals surface area (Å²) in [7, 11) is 0. The summed E-state index contributed by atoms with van der Waals surface area (Å²) in [6.07, 6.45) is 1.80. The molecular weight excluding hydrogens is 234 g/mol. The van der Waals surface area contributed by atoms with Gasteiger partial charge in [0.1, 0.15) is 0 Å². The number of carbonyl (C=O) groups is 1. The minimum atomic E-state index is 0.0618. The average Bonchev–Trinajstić information content (AvgIpc) is 2.45. The fraction of sp³-hybridized carbons (Fsp3) is 0.118. The molecule has 0 radical (unpaired) electrons. The highest BCUT2D eigenvalue weighted by Crippen LogP contribution is 2.14. The molecule has 0 fully saturated rings. The highest BCUT2D eigenvalue weighted by molar-refractivity contribution is 6.19. The molecule has 2 aromatic rings. The van der Waals surface area contributed by atoms with E-state index in [0.29, 0.717) is 12.1 Å². The number of carbonyl (C=O) groups excluding carboxylic acids is 1. The standard InChI is InChI=1S/C17H17NO/c1-14(19)17(16-10-6-3-7-11-16)13-18-12-15-8-4-2-5-9-15/h2-11,13,18H,12H2,1H3/b17-13-. The predicted octanol–water partition coefficient (Wildman–Crippen LogP) is 3.41. The van der Waals surface area contributed by atoms with E-state index in [0.717, 1.165) is 5.56 Å². The lowest BCUT2D eigenvalue weighted by Crippen LogP contribution is -2.08. The van der Waals surface area contributed by atoms with Crippen LogP contribution in [0.5, 0.6) is 0 Å². The van der Waals surface area contributed by atoms with Crippen LogP contribution in [0.2, 0.25) is 0 Å². The van der Waals surface area contributed by atoms with Crippen molar-refractivity contribution in [2.45, 2.75) is 13.5 Å². The molecule has 2 nitrogen and oxygen atoms in total. The Hall–Kier alpha value is -2.35. The summed E-state index contributed by atoms with van der Waals surface area (Å²) in [5.74, 6) is 0.0618. The first-order chi connectivity index (χ1) is 9.27. The molecule has 2 aromatic carbocycles. The zero-order valence-corrected chi connectivity index (χ0v) is 11.0. The molecule has 0 amide bonds. The lowest BCUT2D eigenvalue weighted by Gasteiger charge is -2.06. The van der Waals surface area contributed by atoms with Crippen molar-refractivity contribution in [1.82, 2.24) is 5.32 Å². The molecule has 2 rings (SSSR count). The second kappa shape index (κ2) is 6.55. The molecule has 0 aliphatic rings. The molecule has 0 aliphatic carbocycles. The largest absolute Gasteiger partial charge is 0.386 e. The van der Waals surface area contributed by atoms with Crippen LogP contribution < -0.4 is 5.32 Å². The predicted molar refractivity (Wildman–Crippen MR) is 78.4 cm³/mol. The van der Waals surface area contributed by atoms with Crippen LogP contribution in [0.25, 0.3) is 5.57 Å². The van der Waals surface area contributed by atoms with Gasteiger partial charge in [-0.2, -0.15) is 0 Å². The molecule has 0 heterocycles. The van der Waals surface area contributed by atoms with Crippen molar-refractivity contribution in [3.05, 3.63) is 78.0 Å². The van der Waals surface area contributed by atoms with Crippen LogP contribution in [0.15, 0.2) is 66.9 Å². The van der Waals surface area contributed by atoms with Crippen molar-refractivity contribution in [1.29, 1.82) is 0 Å². The van der Waals surface area contributed by atoms with E-state index in [9.17, 15) is 4.79 Å². The van der Waals surface area contributed by atoms with E-state index in [1.54, 1.807) is 13.1 Å². The van der Waals surface area contributed by atoms with Gasteiger partial charge in [-0.15, -0.1) is 0 Å². The number of hydrogen-bond donors (Lipinski definition) is 1. The second-order valence-electron chi connectivity index (χ2n) is 4.35. The SMILES string of the molecule is CC(=O)/C(=C/NCc1ccccc1)c1ccccc1. The van der Waals surface area contributed by atoms with Crippen molar-refractivity contribution in [3.63, 3.8) is 0 Å². The lowest BCUT2D eigenvalue weighted by atomic mass is 10.0. The molecule has 2 heteroatoms. The molecule has 0 atom stereocenters. The Morgan fingerprint density at radius 3 is 2.16 bits per heavy atom. The van der Waals surface area contributed by atoms with Gasteiger partial charge in [-0.3, -0.25) is 4.79 Å². The maximum atomic E-state index is 11.7. The Bertz CT molecular complexity index is 558. The Kier molecular flexibility index (Phi) is 4.51. The molecule has 1 N–H and O–H groups in total. The van der Waals surface area contributed by atoms with Gasteiger partial charge in [0.2, 0.25) is 0 Å². The summed E-state index contributed by atoms with van der Waals surface area (Å²) >= 11 is 0. The Morgan fingerprint density at radius 2 is 1.58 bits per heavy atom. The number of nitrogens with one attached hydrogen (secondary N) is 1. The lowest BCUT2D eigenvalue weighted by molar-refractivity contribution is -0.111. The minimum absolute atomic E-state index is 0.0618. The van der Waals surface area contributed by atoms with Crippen molar-refractivity contribution in [3.8, 4) is 0 Å². The monoisotopic (exact) mass is 251 g/mol. The van der Waals surface area contributed by atoms with Crippen LogP contribution in [-0.2, 0) is 11.3 Å². The Balaban J connectivity index is 2.08. The number of Topliss-reactive ketones (excluding diaryl/α,β-unsaturated/α-hetero) is 1. The molecule has 0 saturated carbocycles. The van der Waals surface area contributed by atoms with Gasteiger partial charge in [0, 0.05) is 18.3 Å². The summed E-state index contributed by atoms with van der Waals surface area (Å²) in [6.45, 7) is 2.30. The van der Waals surface area contributed by atoms with Crippen LogP contribution in [0, 0.1) is 0 Å². The number of benzene rings is 2. The fourth-order valence-corrected chi connectivity index (χ4v) is 1.87. The van der Waals surface area contributed by atoms with Gasteiger partial charge in [0.15, 0.2) is 5.78 Å². The van der Waals surface area contributed by atoms with Crippen molar-refractivity contribution >= 4 is 11.4 Å². The summed E-state index contributed by atoms with van der Waals surface area (Å²) < 4.78 is 0. The third-order valence-corrected chi connectivity index (χ3v) is 2.86. The quantitative estimate of drug-likeness (QED) is 0.825. The molecule has 0 spiro atoms. The van der Waals surface area contributed by atoms with Crippen LogP contribution in [-0.4, -0.2) is 5.78 Å². The molecule has 0 saturated heterocycles. The van der Waals surface area contributed by atoms with Gasteiger partial charge in [-0.05, 0) is 18.1 Å². The van der Waals surface area contributed by atoms with Crippen molar-refractivity contribution < 1.29 is 4.79 Å². The first kappa shape index (κ1) is 13.1. The van der Waals surface area contributed by atoms with Gasteiger partial charge in [-0.25, -0.2) is 0 Å². The van der Waals surface area contributed by atoms with Crippen molar-refractivity contribution in [2.75, 3.05) is 0 Å². The number of ketones is 1. The molecule has 0 aliphatic heterocycles. The van der Waals surface area contributed by atoms with E-state index in [2.05, 4.69) is 17.4 Å². The summed E-state index contributed by atoms with van der Waals surface area (Å²) in [6, 6.07) is 19.8. The summed E-state index contributed by atoms with van der Waals surface area (Å²) in [5.41, 5.74) is 2.84. The van der Waals surface area contributed by atoms with E-state index in [1.807, 2.05) is 48.5 Å². The van der Waals surface area contributed by atoms with E-state index in [-0.39, 0.29) is 5.78 Å².